The summed E-state index contributed by atoms with van der Waals surface area (Å²) >= 11 is 3.39. The van der Waals surface area contributed by atoms with Crippen LogP contribution in [0.3, 0.4) is 0 Å². The van der Waals surface area contributed by atoms with Crippen molar-refractivity contribution in [2.75, 3.05) is 25.2 Å². The lowest BCUT2D eigenvalue weighted by atomic mass is 10.3. The molecule has 0 unspecified atom stereocenters. The first-order chi connectivity index (χ1) is 10.1. The van der Waals surface area contributed by atoms with Gasteiger partial charge in [0.2, 0.25) is 0 Å². The number of fused-ring (bicyclic) bond motifs is 1. The second kappa shape index (κ2) is 6.57. The van der Waals surface area contributed by atoms with E-state index in [1.54, 1.807) is 35.9 Å². The molecule has 0 fully saturated rings. The molecule has 2 aromatic heterocycles. The van der Waals surface area contributed by atoms with Crippen LogP contribution in [0.5, 0.6) is 0 Å². The number of rotatable bonds is 4. The Bertz CT molecular complexity index is 670. The van der Waals surface area contributed by atoms with Crippen LogP contribution in [0.1, 0.15) is 6.92 Å². The number of pyridine rings is 1. The molecule has 2 aromatic rings. The number of amides is 1. The Labute approximate surface area is 129 Å². The number of carbonyl (C=O) groups is 2. The normalized spacial score (nSPS) is 10.4. The van der Waals surface area contributed by atoms with E-state index in [1.807, 2.05) is 0 Å². The highest BCUT2D eigenvalue weighted by atomic mass is 79.9. The molecule has 1 amide bonds. The second-order valence-corrected chi connectivity index (χ2v) is 4.84. The Morgan fingerprint density at radius 3 is 2.86 bits per heavy atom. The van der Waals surface area contributed by atoms with Crippen molar-refractivity contribution in [2.45, 2.75) is 6.92 Å². The summed E-state index contributed by atoms with van der Waals surface area (Å²) in [6.07, 6.45) is 2.68. The number of carbonyl (C=O) groups excluding carboxylic acids is 2. The van der Waals surface area contributed by atoms with Gasteiger partial charge in [0.15, 0.2) is 5.65 Å². The molecule has 0 aliphatic rings. The summed E-state index contributed by atoms with van der Waals surface area (Å²) in [5, 5.41) is 0. The molecule has 0 spiro atoms. The van der Waals surface area contributed by atoms with Gasteiger partial charge >= 0.3 is 12.1 Å². The molecule has 112 valence electrons. The van der Waals surface area contributed by atoms with Crippen LogP contribution in [0.4, 0.5) is 10.5 Å². The summed E-state index contributed by atoms with van der Waals surface area (Å²) in [4.78, 5) is 29.0. The molecule has 0 N–H and O–H groups in total. The van der Waals surface area contributed by atoms with Crippen LogP contribution in [-0.2, 0) is 14.3 Å². The van der Waals surface area contributed by atoms with E-state index in [1.165, 1.54) is 12.0 Å². The van der Waals surface area contributed by atoms with Gasteiger partial charge in [-0.3, -0.25) is 14.1 Å². The quantitative estimate of drug-likeness (QED) is 0.621. The van der Waals surface area contributed by atoms with Crippen molar-refractivity contribution in [3.05, 3.63) is 29.1 Å². The van der Waals surface area contributed by atoms with Crippen LogP contribution in [0.15, 0.2) is 29.1 Å². The van der Waals surface area contributed by atoms with Crippen molar-refractivity contribution in [2.24, 2.45) is 0 Å². The summed E-state index contributed by atoms with van der Waals surface area (Å²) in [6, 6.07) is 3.44. The molecule has 8 heteroatoms. The van der Waals surface area contributed by atoms with E-state index in [4.69, 9.17) is 9.47 Å². The fraction of sp³-hybridized carbons (Fsp3) is 0.308. The first kappa shape index (κ1) is 15.3. The molecule has 0 radical (unpaired) electrons. The summed E-state index contributed by atoms with van der Waals surface area (Å²) < 4.78 is 12.1. The average Bonchev–Trinajstić information content (AvgIpc) is 2.95. The number of nitrogens with zero attached hydrogens (tertiary/aromatic N) is 3. The zero-order chi connectivity index (χ0) is 15.4. The topological polar surface area (TPSA) is 73.1 Å². The van der Waals surface area contributed by atoms with E-state index in [0.29, 0.717) is 11.3 Å². The fourth-order valence-corrected chi connectivity index (χ4v) is 2.29. The Morgan fingerprint density at radius 1 is 1.43 bits per heavy atom. The monoisotopic (exact) mass is 355 g/mol. The Balaban J connectivity index is 2.44. The largest absolute Gasteiger partial charge is 0.465 e. The molecule has 0 saturated heterocycles. The van der Waals surface area contributed by atoms with Crippen molar-refractivity contribution in [3.63, 3.8) is 0 Å². The van der Waals surface area contributed by atoms with Gasteiger partial charge in [-0.2, -0.15) is 0 Å². The van der Waals surface area contributed by atoms with Gasteiger partial charge < -0.3 is 9.47 Å². The number of hydrogen-bond donors (Lipinski definition) is 0. The minimum absolute atomic E-state index is 0.243. The Hall–Kier alpha value is -2.09. The summed E-state index contributed by atoms with van der Waals surface area (Å²) in [5.74, 6) is -0.518. The molecule has 21 heavy (non-hydrogen) atoms. The van der Waals surface area contributed by atoms with Gasteiger partial charge in [0.1, 0.15) is 6.54 Å². The molecule has 2 rings (SSSR count). The number of anilines is 1. The van der Waals surface area contributed by atoms with Crippen molar-refractivity contribution >= 4 is 39.3 Å². The number of esters is 1. The van der Waals surface area contributed by atoms with Crippen LogP contribution >= 0.6 is 15.9 Å². The van der Waals surface area contributed by atoms with Crippen molar-refractivity contribution < 1.29 is 19.1 Å². The van der Waals surface area contributed by atoms with Crippen LogP contribution in [0.2, 0.25) is 0 Å². The molecule has 0 aliphatic carbocycles. The molecule has 2 heterocycles. The predicted molar refractivity (Wildman–Crippen MR) is 79.3 cm³/mol. The number of ether oxygens (including phenoxy) is 2. The molecular formula is C13H14BrN3O4. The SMILES string of the molecule is CCOC(=O)CN(C(=O)OC)c1ccc(Br)n2ccnc12. The number of aromatic nitrogens is 2. The lowest BCUT2D eigenvalue weighted by Crippen LogP contribution is -2.36. The Morgan fingerprint density at radius 2 is 2.19 bits per heavy atom. The number of imidazole rings is 1. The van der Waals surface area contributed by atoms with Crippen LogP contribution in [0.25, 0.3) is 5.65 Å². The van der Waals surface area contributed by atoms with E-state index in [0.717, 1.165) is 4.60 Å². The Kier molecular flexibility index (Phi) is 4.79. The van der Waals surface area contributed by atoms with Crippen molar-refractivity contribution in [1.82, 2.24) is 9.38 Å². The zero-order valence-corrected chi connectivity index (χ0v) is 13.2. The lowest BCUT2D eigenvalue weighted by Gasteiger charge is -2.21. The molecule has 0 aromatic carbocycles. The van der Waals surface area contributed by atoms with Crippen molar-refractivity contribution in [1.29, 1.82) is 0 Å². The van der Waals surface area contributed by atoms with Gasteiger partial charge in [-0.25, -0.2) is 9.78 Å². The third-order valence-electron chi connectivity index (χ3n) is 2.76. The maximum Gasteiger partial charge on any atom is 0.414 e. The van der Waals surface area contributed by atoms with E-state index in [9.17, 15) is 9.59 Å². The van der Waals surface area contributed by atoms with Crippen LogP contribution in [-0.4, -0.2) is 41.7 Å². The van der Waals surface area contributed by atoms with E-state index < -0.39 is 12.1 Å². The maximum atomic E-state index is 11.9. The molecule has 0 atom stereocenters. The molecule has 0 bridgehead atoms. The zero-order valence-electron chi connectivity index (χ0n) is 11.6. The predicted octanol–water partition coefficient (Wildman–Crippen LogP) is 2.23. The number of hydrogen-bond acceptors (Lipinski definition) is 5. The molecule has 7 nitrogen and oxygen atoms in total. The lowest BCUT2D eigenvalue weighted by molar-refractivity contribution is -0.141. The van der Waals surface area contributed by atoms with Gasteiger partial charge in [-0.15, -0.1) is 0 Å². The standard InChI is InChI=1S/C13H14BrN3O4/c1-3-21-11(18)8-17(13(19)20-2)9-4-5-10(14)16-7-6-15-12(9)16/h4-7H,3,8H2,1-2H3. The maximum absolute atomic E-state index is 11.9. The van der Waals surface area contributed by atoms with Gasteiger partial charge in [0.05, 0.1) is 24.0 Å². The van der Waals surface area contributed by atoms with Gasteiger partial charge in [-0.1, -0.05) is 0 Å². The van der Waals surface area contributed by atoms with Gasteiger partial charge in [0.25, 0.3) is 0 Å². The van der Waals surface area contributed by atoms with Gasteiger partial charge in [0, 0.05) is 12.4 Å². The average molecular weight is 356 g/mol. The highest BCUT2D eigenvalue weighted by Crippen LogP contribution is 2.25. The van der Waals surface area contributed by atoms with E-state index in [2.05, 4.69) is 20.9 Å². The first-order valence-corrected chi connectivity index (χ1v) is 7.00. The minimum Gasteiger partial charge on any atom is -0.465 e. The summed E-state index contributed by atoms with van der Waals surface area (Å²) in [7, 11) is 1.25. The number of halogens is 1. The van der Waals surface area contributed by atoms with Crippen LogP contribution < -0.4 is 4.90 Å². The van der Waals surface area contributed by atoms with Crippen molar-refractivity contribution in [3.8, 4) is 0 Å². The minimum atomic E-state index is -0.657. The third kappa shape index (κ3) is 3.15. The fourth-order valence-electron chi connectivity index (χ4n) is 1.87. The molecular weight excluding hydrogens is 342 g/mol. The third-order valence-corrected chi connectivity index (χ3v) is 3.40. The van der Waals surface area contributed by atoms with Crippen LogP contribution in [0, 0.1) is 0 Å². The first-order valence-electron chi connectivity index (χ1n) is 6.21. The smallest absolute Gasteiger partial charge is 0.414 e. The second-order valence-electron chi connectivity index (χ2n) is 4.02. The van der Waals surface area contributed by atoms with E-state index >= 15 is 0 Å². The molecule has 0 saturated carbocycles. The van der Waals surface area contributed by atoms with E-state index in [-0.39, 0.29) is 13.2 Å². The van der Waals surface area contributed by atoms with Gasteiger partial charge in [-0.05, 0) is 35.0 Å². The highest BCUT2D eigenvalue weighted by molar-refractivity contribution is 9.10. The molecule has 0 aliphatic heterocycles. The number of methoxy groups -OCH3 is 1. The summed E-state index contributed by atoms with van der Waals surface area (Å²) in [5.41, 5.74) is 0.988. The highest BCUT2D eigenvalue weighted by Gasteiger charge is 2.23. The summed E-state index contributed by atoms with van der Waals surface area (Å²) in [6.45, 7) is 1.70.